The number of amides is 1. The molecule has 0 saturated carbocycles. The van der Waals surface area contributed by atoms with Crippen molar-refractivity contribution in [2.45, 2.75) is 0 Å². The number of hydrogen-bond donors (Lipinski definition) is 0. The molecule has 0 spiro atoms. The van der Waals surface area contributed by atoms with Crippen molar-refractivity contribution in [2.24, 2.45) is 0 Å². The van der Waals surface area contributed by atoms with E-state index in [0.717, 1.165) is 5.56 Å². The van der Waals surface area contributed by atoms with Gasteiger partial charge in [0, 0.05) is 24.7 Å². The Morgan fingerprint density at radius 1 is 1.13 bits per heavy atom. The van der Waals surface area contributed by atoms with Crippen LogP contribution in [-0.4, -0.2) is 56.5 Å². The number of carbonyl (C=O) groups is 1. The van der Waals surface area contributed by atoms with E-state index in [1.54, 1.807) is 37.3 Å². The van der Waals surface area contributed by atoms with E-state index < -0.39 is 0 Å². The summed E-state index contributed by atoms with van der Waals surface area (Å²) in [6, 6.07) is 7.05. The monoisotopic (exact) mass is 318 g/mol. The van der Waals surface area contributed by atoms with Gasteiger partial charge in [-0.3, -0.25) is 4.79 Å². The van der Waals surface area contributed by atoms with Gasteiger partial charge in [-0.15, -0.1) is 0 Å². The second kappa shape index (κ2) is 6.70. The summed E-state index contributed by atoms with van der Waals surface area (Å²) in [5, 5.41) is 3.98. The highest BCUT2D eigenvalue weighted by molar-refractivity contribution is 5.92. The van der Waals surface area contributed by atoms with Crippen LogP contribution in [0.3, 0.4) is 0 Å². The molecule has 1 aliphatic heterocycles. The van der Waals surface area contributed by atoms with Gasteiger partial charge in [0.05, 0.1) is 27.4 Å². The second-order valence-electron chi connectivity index (χ2n) is 5.05. The Kier molecular flexibility index (Phi) is 4.47. The van der Waals surface area contributed by atoms with Gasteiger partial charge >= 0.3 is 0 Å². The average molecular weight is 318 g/mol. The number of methoxy groups -OCH3 is 2. The Morgan fingerprint density at radius 3 is 2.57 bits per heavy atom. The molecule has 1 amide bonds. The molecule has 0 radical (unpaired) electrons. The van der Waals surface area contributed by atoms with Crippen molar-refractivity contribution in [3.63, 3.8) is 0 Å². The Balaban J connectivity index is 1.82. The van der Waals surface area contributed by atoms with Gasteiger partial charge in [-0.1, -0.05) is 5.16 Å². The first-order valence-corrected chi connectivity index (χ1v) is 7.29. The van der Waals surface area contributed by atoms with E-state index in [9.17, 15) is 4.79 Å². The van der Waals surface area contributed by atoms with Crippen molar-refractivity contribution in [1.29, 1.82) is 0 Å². The van der Waals surface area contributed by atoms with Gasteiger partial charge in [-0.25, -0.2) is 0 Å². The molecule has 0 N–H and O–H groups in total. The van der Waals surface area contributed by atoms with E-state index in [4.69, 9.17) is 18.7 Å². The maximum atomic E-state index is 12.4. The number of carbonyl (C=O) groups excluding carboxylic acids is 1. The summed E-state index contributed by atoms with van der Waals surface area (Å²) in [4.78, 5) is 14.1. The molecule has 23 heavy (non-hydrogen) atoms. The van der Waals surface area contributed by atoms with Crippen LogP contribution >= 0.6 is 0 Å². The highest BCUT2D eigenvalue weighted by atomic mass is 16.5. The van der Waals surface area contributed by atoms with Crippen LogP contribution in [0.2, 0.25) is 0 Å². The fraction of sp³-hybridized carbons (Fsp3) is 0.375. The van der Waals surface area contributed by atoms with Crippen LogP contribution in [0.5, 0.6) is 11.5 Å². The summed E-state index contributed by atoms with van der Waals surface area (Å²) in [6.07, 6.45) is 0. The number of hydrogen-bond acceptors (Lipinski definition) is 6. The SMILES string of the molecule is COc1ccc(-c2cc(C(=O)N3CCOCC3)on2)cc1OC. The van der Waals surface area contributed by atoms with Gasteiger partial charge in [-0.05, 0) is 18.2 Å². The lowest BCUT2D eigenvalue weighted by Crippen LogP contribution is -2.40. The zero-order chi connectivity index (χ0) is 16.2. The van der Waals surface area contributed by atoms with Gasteiger partial charge in [0.15, 0.2) is 11.5 Å². The van der Waals surface area contributed by atoms with E-state index >= 15 is 0 Å². The van der Waals surface area contributed by atoms with Crippen LogP contribution in [0.15, 0.2) is 28.8 Å². The Morgan fingerprint density at radius 2 is 1.87 bits per heavy atom. The number of nitrogens with zero attached hydrogens (tertiary/aromatic N) is 2. The maximum Gasteiger partial charge on any atom is 0.292 e. The van der Waals surface area contributed by atoms with Gasteiger partial charge in [0.2, 0.25) is 5.76 Å². The van der Waals surface area contributed by atoms with Crippen LogP contribution in [0.25, 0.3) is 11.3 Å². The standard InChI is InChI=1S/C16H18N2O5/c1-20-13-4-3-11(9-14(13)21-2)12-10-15(23-17-12)16(19)18-5-7-22-8-6-18/h3-4,9-10H,5-8H2,1-2H3. The average Bonchev–Trinajstić information content (AvgIpc) is 3.11. The van der Waals surface area contributed by atoms with Crippen LogP contribution < -0.4 is 9.47 Å². The van der Waals surface area contributed by atoms with Gasteiger partial charge in [-0.2, -0.15) is 0 Å². The lowest BCUT2D eigenvalue weighted by molar-refractivity contribution is 0.0277. The minimum absolute atomic E-state index is 0.174. The van der Waals surface area contributed by atoms with Crippen molar-refractivity contribution in [1.82, 2.24) is 10.1 Å². The molecule has 0 aliphatic carbocycles. The lowest BCUT2D eigenvalue weighted by Gasteiger charge is -2.25. The first-order valence-electron chi connectivity index (χ1n) is 7.29. The normalized spacial score (nSPS) is 14.6. The molecule has 0 bridgehead atoms. The van der Waals surface area contributed by atoms with Gasteiger partial charge in [0.25, 0.3) is 5.91 Å². The number of benzene rings is 1. The smallest absolute Gasteiger partial charge is 0.292 e. The zero-order valence-corrected chi connectivity index (χ0v) is 13.1. The summed E-state index contributed by atoms with van der Waals surface area (Å²) >= 11 is 0. The minimum atomic E-state index is -0.174. The van der Waals surface area contributed by atoms with Crippen LogP contribution in [0.1, 0.15) is 10.6 Å². The molecule has 2 heterocycles. The Bertz CT molecular complexity index is 692. The molecule has 1 aromatic carbocycles. The second-order valence-corrected chi connectivity index (χ2v) is 5.05. The van der Waals surface area contributed by atoms with Crippen molar-refractivity contribution in [2.75, 3.05) is 40.5 Å². The van der Waals surface area contributed by atoms with Crippen molar-refractivity contribution in [3.8, 4) is 22.8 Å². The highest BCUT2D eigenvalue weighted by Gasteiger charge is 2.23. The van der Waals surface area contributed by atoms with Crippen LogP contribution in [0.4, 0.5) is 0 Å². The zero-order valence-electron chi connectivity index (χ0n) is 13.1. The topological polar surface area (TPSA) is 74.0 Å². The fourth-order valence-corrected chi connectivity index (χ4v) is 2.43. The molecular formula is C16H18N2O5. The molecular weight excluding hydrogens is 300 g/mol. The Hall–Kier alpha value is -2.54. The third-order valence-electron chi connectivity index (χ3n) is 3.70. The third kappa shape index (κ3) is 3.14. The molecule has 2 aromatic rings. The van der Waals surface area contributed by atoms with Crippen molar-refractivity contribution < 1.29 is 23.5 Å². The molecule has 3 rings (SSSR count). The molecule has 1 aromatic heterocycles. The highest BCUT2D eigenvalue weighted by Crippen LogP contribution is 2.32. The molecule has 1 saturated heterocycles. The largest absolute Gasteiger partial charge is 0.493 e. The molecule has 0 atom stereocenters. The van der Waals surface area contributed by atoms with E-state index in [-0.39, 0.29) is 11.7 Å². The first kappa shape index (κ1) is 15.4. The van der Waals surface area contributed by atoms with Crippen molar-refractivity contribution in [3.05, 3.63) is 30.0 Å². The molecule has 1 aliphatic rings. The molecule has 0 unspecified atom stereocenters. The Labute approximate surface area is 133 Å². The number of rotatable bonds is 4. The maximum absolute atomic E-state index is 12.4. The first-order chi connectivity index (χ1) is 11.2. The summed E-state index contributed by atoms with van der Waals surface area (Å²) in [5.74, 6) is 1.27. The molecule has 7 heteroatoms. The van der Waals surface area contributed by atoms with Gasteiger partial charge < -0.3 is 23.6 Å². The van der Waals surface area contributed by atoms with E-state index in [1.807, 2.05) is 6.07 Å². The summed E-state index contributed by atoms with van der Waals surface area (Å²) in [6.45, 7) is 2.21. The van der Waals surface area contributed by atoms with Gasteiger partial charge in [0.1, 0.15) is 5.69 Å². The van der Waals surface area contributed by atoms with Crippen LogP contribution in [-0.2, 0) is 4.74 Å². The molecule has 7 nitrogen and oxygen atoms in total. The fourth-order valence-electron chi connectivity index (χ4n) is 2.43. The van der Waals surface area contributed by atoms with Crippen molar-refractivity contribution >= 4 is 5.91 Å². The van der Waals surface area contributed by atoms with E-state index in [0.29, 0.717) is 43.5 Å². The molecule has 1 fully saturated rings. The number of aromatic nitrogens is 1. The summed E-state index contributed by atoms with van der Waals surface area (Å²) in [7, 11) is 3.14. The van der Waals surface area contributed by atoms with E-state index in [2.05, 4.69) is 5.16 Å². The van der Waals surface area contributed by atoms with Crippen LogP contribution in [0, 0.1) is 0 Å². The predicted molar refractivity (Wildman–Crippen MR) is 81.8 cm³/mol. The quantitative estimate of drug-likeness (QED) is 0.856. The molecule has 122 valence electrons. The minimum Gasteiger partial charge on any atom is -0.493 e. The third-order valence-corrected chi connectivity index (χ3v) is 3.70. The summed E-state index contributed by atoms with van der Waals surface area (Å²) < 4.78 is 20.9. The summed E-state index contributed by atoms with van der Waals surface area (Å²) in [5.41, 5.74) is 1.36. The predicted octanol–water partition coefficient (Wildman–Crippen LogP) is 1.83. The number of ether oxygens (including phenoxy) is 3. The van der Waals surface area contributed by atoms with E-state index in [1.165, 1.54) is 0 Å². The lowest BCUT2D eigenvalue weighted by atomic mass is 10.1. The number of morpholine rings is 1.